The molecule has 2 aliphatic carbocycles. The summed E-state index contributed by atoms with van der Waals surface area (Å²) in [5.41, 5.74) is 5.12. The fraction of sp³-hybridized carbons (Fsp3) is 0.600. The van der Waals surface area contributed by atoms with E-state index in [1.807, 2.05) is 0 Å². The van der Waals surface area contributed by atoms with Crippen molar-refractivity contribution < 1.29 is 82.6 Å². The van der Waals surface area contributed by atoms with Gasteiger partial charge in [0.1, 0.15) is 0 Å². The molecule has 32 heavy (non-hydrogen) atoms. The molecule has 170 valence electrons. The van der Waals surface area contributed by atoms with Crippen molar-refractivity contribution in [2.24, 2.45) is 0 Å². The van der Waals surface area contributed by atoms with Crippen LogP contribution in [0.5, 0.6) is 0 Å². The molecule has 0 radical (unpaired) electrons. The Hall–Kier alpha value is -0.664. The molecule has 1 aromatic carbocycles. The molecule has 7 nitrogen and oxygen atoms in total. The Kier molecular flexibility index (Phi) is 8.03. The van der Waals surface area contributed by atoms with Crippen LogP contribution in [0.4, 0.5) is 23.7 Å². The van der Waals surface area contributed by atoms with Gasteiger partial charge in [-0.1, -0.05) is 6.07 Å². The normalized spacial score (nSPS) is 18.5. The molecular weight excluding hydrogens is 474 g/mol. The van der Waals surface area contributed by atoms with Crippen LogP contribution in [-0.4, -0.2) is 49.8 Å². The van der Waals surface area contributed by atoms with Gasteiger partial charge in [0.15, 0.2) is 16.1 Å². The average Bonchev–Trinajstić information content (AvgIpc) is 3.35. The summed E-state index contributed by atoms with van der Waals surface area (Å²) in [5.74, 6) is -1.98. The molecule has 0 saturated carbocycles. The first kappa shape index (κ1) is 26.0. The average molecular weight is 498 g/mol. The summed E-state index contributed by atoms with van der Waals surface area (Å²) in [4.78, 5) is 24.4. The number of aryl methyl sites for hydroxylation is 2. The van der Waals surface area contributed by atoms with Crippen LogP contribution in [0.3, 0.4) is 0 Å². The first-order valence-corrected chi connectivity index (χ1v) is 11.9. The molecule has 0 aromatic heterocycles. The molecule has 0 atom stereocenters. The van der Waals surface area contributed by atoms with E-state index in [1.165, 1.54) is 11.1 Å². The summed E-state index contributed by atoms with van der Waals surface area (Å²) in [7, 11) is -4.22. The Labute approximate surface area is 227 Å². The summed E-state index contributed by atoms with van der Waals surface area (Å²) < 4.78 is 66.2. The van der Waals surface area contributed by atoms with Crippen LogP contribution in [0.25, 0.3) is 4.72 Å². The number of benzene rings is 1. The van der Waals surface area contributed by atoms with Crippen LogP contribution in [0.15, 0.2) is 6.07 Å². The summed E-state index contributed by atoms with van der Waals surface area (Å²) in [6.45, 7) is -0.696. The van der Waals surface area contributed by atoms with Crippen LogP contribution in [0.2, 0.25) is 0 Å². The molecule has 0 spiro atoms. The summed E-state index contributed by atoms with van der Waals surface area (Å²) in [6.07, 6.45) is 0.0530. The number of rotatable bonds is 3. The maximum atomic E-state index is 12.6. The molecule has 1 aliphatic heterocycles. The number of likely N-dealkylation sites (tertiary alicyclic amines) is 1. The van der Waals surface area contributed by atoms with Crippen molar-refractivity contribution in [2.45, 2.75) is 62.8 Å². The van der Waals surface area contributed by atoms with Gasteiger partial charge in [-0.15, -0.1) is 0 Å². The van der Waals surface area contributed by atoms with Gasteiger partial charge in [0.25, 0.3) is 0 Å². The van der Waals surface area contributed by atoms with E-state index < -0.39 is 33.4 Å². The number of piperidine rings is 1. The standard InChI is InChI=1S/C20H24F3N3O4S.K/c21-20(22,23)18(27)26-9-7-14(8-10-26)31(29,30)25-19(28)24-17-15-5-1-3-12(15)11-13-4-2-6-16(13)17;/h11,14H,1-10H2,(H2,24,25,28);/q;+1/p-1. The Morgan fingerprint density at radius 3 is 2.03 bits per heavy atom. The van der Waals surface area contributed by atoms with Crippen LogP contribution < -0.4 is 56.7 Å². The van der Waals surface area contributed by atoms with E-state index in [9.17, 15) is 31.2 Å². The van der Waals surface area contributed by atoms with Gasteiger partial charge in [0, 0.05) is 13.1 Å². The zero-order chi connectivity index (χ0) is 22.4. The van der Waals surface area contributed by atoms with E-state index in [2.05, 4.69) is 16.1 Å². The van der Waals surface area contributed by atoms with E-state index >= 15 is 0 Å². The minimum atomic E-state index is -4.99. The van der Waals surface area contributed by atoms with Crippen molar-refractivity contribution in [3.05, 3.63) is 33.0 Å². The van der Waals surface area contributed by atoms with Crippen molar-refractivity contribution in [3.8, 4) is 0 Å². The Bertz CT molecular complexity index is 990. The number of alkyl halides is 3. The summed E-state index contributed by atoms with van der Waals surface area (Å²) >= 11 is 0. The fourth-order valence-electron chi connectivity index (χ4n) is 4.82. The van der Waals surface area contributed by atoms with E-state index in [4.69, 9.17) is 0 Å². The van der Waals surface area contributed by atoms with E-state index in [1.54, 1.807) is 0 Å². The molecule has 3 amide bonds. The topological polar surface area (TPSA) is 97.7 Å². The van der Waals surface area contributed by atoms with Crippen LogP contribution in [-0.2, 0) is 40.5 Å². The minimum absolute atomic E-state index is 0. The number of nitrogens with zero attached hydrogens (tertiary/aromatic N) is 2. The number of hydrogen-bond donors (Lipinski definition) is 1. The molecule has 1 saturated heterocycles. The van der Waals surface area contributed by atoms with Gasteiger partial charge in [-0.3, -0.25) is 9.59 Å². The second-order valence-electron chi connectivity index (χ2n) is 8.26. The number of halogens is 3. The van der Waals surface area contributed by atoms with Crippen molar-refractivity contribution in [2.75, 3.05) is 18.4 Å². The SMILES string of the molecule is O=C([N-]S(=O)(=O)C1CCN(C(=O)C(F)(F)F)CC1)Nc1c2c(cc3c1CCC3)CCC2.[K+]. The predicted molar refractivity (Wildman–Crippen MR) is 107 cm³/mol. The second-order valence-corrected chi connectivity index (χ2v) is 10.1. The molecular formula is C20H23F3KN3O4S. The number of hydrogen-bond acceptors (Lipinski definition) is 4. The molecule has 0 bridgehead atoms. The third-order valence-electron chi connectivity index (χ3n) is 6.31. The molecule has 12 heteroatoms. The number of fused-ring (bicyclic) bond motifs is 2. The molecule has 3 aliphatic rings. The number of nitrogens with one attached hydrogen (secondary N) is 1. The van der Waals surface area contributed by atoms with Gasteiger partial charge in [-0.05, 0) is 79.3 Å². The maximum absolute atomic E-state index is 12.6. The van der Waals surface area contributed by atoms with Gasteiger partial charge in [0.2, 0.25) is 0 Å². The van der Waals surface area contributed by atoms with Gasteiger partial charge >= 0.3 is 63.5 Å². The Balaban J connectivity index is 0.00000289. The van der Waals surface area contributed by atoms with Crippen molar-refractivity contribution in [1.82, 2.24) is 4.90 Å². The van der Waals surface area contributed by atoms with Crippen LogP contribution >= 0.6 is 0 Å². The van der Waals surface area contributed by atoms with Gasteiger partial charge < -0.3 is 14.9 Å². The molecule has 0 unspecified atom stereocenters. The van der Waals surface area contributed by atoms with E-state index in [0.29, 0.717) is 10.6 Å². The largest absolute Gasteiger partial charge is 1.00 e. The van der Waals surface area contributed by atoms with Gasteiger partial charge in [-0.2, -0.15) is 13.2 Å². The van der Waals surface area contributed by atoms with Crippen molar-refractivity contribution in [3.63, 3.8) is 0 Å². The van der Waals surface area contributed by atoms with Crippen LogP contribution in [0, 0.1) is 0 Å². The monoisotopic (exact) mass is 497 g/mol. The third-order valence-corrected chi connectivity index (χ3v) is 8.04. The number of urea groups is 1. The van der Waals surface area contributed by atoms with Crippen LogP contribution in [0.1, 0.15) is 47.9 Å². The zero-order valence-corrected chi connectivity index (χ0v) is 21.7. The van der Waals surface area contributed by atoms with Gasteiger partial charge in [0.05, 0.1) is 5.25 Å². The van der Waals surface area contributed by atoms with E-state index in [-0.39, 0.29) is 77.3 Å². The Morgan fingerprint density at radius 1 is 1.00 bits per heavy atom. The van der Waals surface area contributed by atoms with E-state index in [0.717, 1.165) is 49.7 Å². The number of sulfonamides is 1. The smallest absolute Gasteiger partial charge is 0.423 e. The third kappa shape index (κ3) is 5.35. The fourth-order valence-corrected chi connectivity index (χ4v) is 6.06. The predicted octanol–water partition coefficient (Wildman–Crippen LogP) is 0.457. The molecule has 1 aromatic rings. The number of carbonyl (C=O) groups excluding carboxylic acids is 2. The molecule has 1 fully saturated rings. The number of anilines is 1. The second kappa shape index (κ2) is 9.91. The van der Waals surface area contributed by atoms with Crippen molar-refractivity contribution in [1.29, 1.82) is 0 Å². The molecule has 1 N–H and O–H groups in total. The first-order chi connectivity index (χ1) is 14.6. The molecule has 1 heterocycles. The quantitative estimate of drug-likeness (QED) is 0.614. The maximum Gasteiger partial charge on any atom is 1.00 e. The molecule has 4 rings (SSSR count). The number of carbonyl (C=O) groups is 2. The first-order valence-electron chi connectivity index (χ1n) is 10.4. The van der Waals surface area contributed by atoms with Gasteiger partial charge in [-0.25, -0.2) is 8.42 Å². The minimum Gasteiger partial charge on any atom is -0.423 e. The summed E-state index contributed by atoms with van der Waals surface area (Å²) in [5, 5.41) is 1.59. The Morgan fingerprint density at radius 2 is 1.53 bits per heavy atom. The number of amides is 3. The zero-order valence-electron chi connectivity index (χ0n) is 17.8. The van der Waals surface area contributed by atoms with Crippen molar-refractivity contribution >= 4 is 27.6 Å². The summed E-state index contributed by atoms with van der Waals surface area (Å²) in [6, 6.07) is 1.20.